The molecule has 0 fully saturated rings. The second-order valence-corrected chi connectivity index (χ2v) is 12.0. The fourth-order valence-corrected chi connectivity index (χ4v) is 9.67. The van der Waals surface area contributed by atoms with E-state index in [9.17, 15) is 0 Å². The predicted octanol–water partition coefficient (Wildman–Crippen LogP) is 5.28. The molecule has 0 aliphatic carbocycles. The van der Waals surface area contributed by atoms with Crippen LogP contribution in [0.15, 0.2) is 0 Å². The van der Waals surface area contributed by atoms with Crippen molar-refractivity contribution in [2.45, 2.75) is 70.9 Å². The Labute approximate surface area is 106 Å². The fraction of sp³-hybridized carbons (Fsp3) is 1.00. The van der Waals surface area contributed by atoms with Crippen molar-refractivity contribution in [2.24, 2.45) is 0 Å². The van der Waals surface area contributed by atoms with Crippen molar-refractivity contribution in [2.75, 3.05) is 4.43 Å². The van der Waals surface area contributed by atoms with Crippen LogP contribution >= 0.6 is 30.5 Å². The molecule has 0 aromatic carbocycles. The first-order valence-electron chi connectivity index (χ1n) is 5.29. The van der Waals surface area contributed by atoms with E-state index in [1.54, 1.807) is 0 Å². The van der Waals surface area contributed by atoms with E-state index in [-0.39, 0.29) is 7.92 Å². The lowest BCUT2D eigenvalue weighted by Gasteiger charge is -2.50. The molecular formula is C12H26IP. The molecule has 0 N–H and O–H groups in total. The normalized spacial score (nSPS) is 15.0. The van der Waals surface area contributed by atoms with Crippen LogP contribution < -0.4 is 0 Å². The van der Waals surface area contributed by atoms with Gasteiger partial charge < -0.3 is 0 Å². The molecule has 0 saturated heterocycles. The lowest BCUT2D eigenvalue weighted by molar-refractivity contribution is 0.651. The zero-order chi connectivity index (χ0) is 11.8. The van der Waals surface area contributed by atoms with Gasteiger partial charge in [0.1, 0.15) is 0 Å². The van der Waals surface area contributed by atoms with Crippen LogP contribution in [0.4, 0.5) is 0 Å². The number of hydrogen-bond donors (Lipinski definition) is 0. The van der Waals surface area contributed by atoms with E-state index in [0.717, 1.165) is 0 Å². The van der Waals surface area contributed by atoms with Gasteiger partial charge in [0, 0.05) is 4.43 Å². The minimum absolute atomic E-state index is 0.00639. The molecule has 0 atom stereocenters. The first kappa shape index (κ1) is 15.2. The van der Waals surface area contributed by atoms with Crippen LogP contribution in [0.1, 0.15) is 55.4 Å². The molecule has 0 rings (SSSR count). The topological polar surface area (TPSA) is 0 Å². The van der Waals surface area contributed by atoms with Crippen LogP contribution in [0.2, 0.25) is 0 Å². The summed E-state index contributed by atoms with van der Waals surface area (Å²) < 4.78 is 1.25. The molecule has 0 saturated carbocycles. The van der Waals surface area contributed by atoms with E-state index < -0.39 is 0 Å². The van der Waals surface area contributed by atoms with Gasteiger partial charge in [0.15, 0.2) is 0 Å². The minimum atomic E-state index is 0.00639. The van der Waals surface area contributed by atoms with Gasteiger partial charge in [0.05, 0.1) is 0 Å². The fourth-order valence-electron chi connectivity index (χ4n) is 2.88. The van der Waals surface area contributed by atoms with Crippen LogP contribution in [0.3, 0.4) is 0 Å². The summed E-state index contributed by atoms with van der Waals surface area (Å²) in [4.78, 5) is 0. The van der Waals surface area contributed by atoms with Gasteiger partial charge in [-0.3, -0.25) is 0 Å². The molecule has 0 aliphatic rings. The molecule has 0 nitrogen and oxygen atoms in total. The molecule has 0 aromatic rings. The van der Waals surface area contributed by atoms with E-state index in [2.05, 4.69) is 78.0 Å². The Morgan fingerprint density at radius 1 is 0.786 bits per heavy atom. The van der Waals surface area contributed by atoms with E-state index in [0.29, 0.717) is 15.5 Å². The second-order valence-electron chi connectivity index (χ2n) is 6.62. The van der Waals surface area contributed by atoms with Gasteiger partial charge in [0.2, 0.25) is 0 Å². The number of rotatable bonds is 2. The maximum Gasteiger partial charge on any atom is 0.00864 e. The van der Waals surface area contributed by atoms with Crippen molar-refractivity contribution in [1.29, 1.82) is 0 Å². The quantitative estimate of drug-likeness (QED) is 0.368. The van der Waals surface area contributed by atoms with Crippen LogP contribution in [-0.4, -0.2) is 19.9 Å². The monoisotopic (exact) mass is 328 g/mol. The van der Waals surface area contributed by atoms with E-state index >= 15 is 0 Å². The van der Waals surface area contributed by atoms with Gasteiger partial charge >= 0.3 is 0 Å². The molecule has 0 heterocycles. The molecule has 0 spiro atoms. The van der Waals surface area contributed by atoms with Crippen LogP contribution in [0, 0.1) is 0 Å². The van der Waals surface area contributed by atoms with Gasteiger partial charge in [-0.1, -0.05) is 85.9 Å². The summed E-state index contributed by atoms with van der Waals surface area (Å²) in [5.41, 5.74) is 0. The summed E-state index contributed by atoms with van der Waals surface area (Å²) >= 11 is 2.54. The van der Waals surface area contributed by atoms with Gasteiger partial charge in [-0.25, -0.2) is 0 Å². The molecule has 2 heteroatoms. The first-order valence-corrected chi connectivity index (χ1v) is 8.16. The largest absolute Gasteiger partial charge is 0.0890 e. The minimum Gasteiger partial charge on any atom is -0.0890 e. The molecule has 0 unspecified atom stereocenters. The summed E-state index contributed by atoms with van der Waals surface area (Å²) in [5.74, 6) is 0. The summed E-state index contributed by atoms with van der Waals surface area (Å²) in [6.45, 7) is 19.3. The van der Waals surface area contributed by atoms with Crippen molar-refractivity contribution in [3.8, 4) is 0 Å². The van der Waals surface area contributed by atoms with E-state index in [1.807, 2.05) is 0 Å². The Morgan fingerprint density at radius 3 is 1.14 bits per heavy atom. The predicted molar refractivity (Wildman–Crippen MR) is 79.4 cm³/mol. The molecule has 0 bridgehead atoms. The standard InChI is InChI=1S/C12H26IP/c1-10(2,3)14(11(4,5)6)12(7,8)9-13/h9H2,1-8H3. The van der Waals surface area contributed by atoms with Crippen LogP contribution in [-0.2, 0) is 0 Å². The molecule has 0 radical (unpaired) electrons. The second kappa shape index (κ2) is 4.57. The van der Waals surface area contributed by atoms with Gasteiger partial charge in [0.25, 0.3) is 0 Å². The lowest BCUT2D eigenvalue weighted by Crippen LogP contribution is -2.37. The third-order valence-electron chi connectivity index (χ3n) is 2.27. The van der Waals surface area contributed by atoms with Crippen molar-refractivity contribution >= 4 is 30.5 Å². The highest BCUT2D eigenvalue weighted by atomic mass is 127. The highest BCUT2D eigenvalue weighted by molar-refractivity contribution is 14.1. The number of halogens is 1. The lowest BCUT2D eigenvalue weighted by atomic mass is 10.2. The number of hydrogen-bond acceptors (Lipinski definition) is 0. The third kappa shape index (κ3) is 3.96. The molecule has 86 valence electrons. The van der Waals surface area contributed by atoms with Crippen molar-refractivity contribution in [3.63, 3.8) is 0 Å². The molecule has 0 amide bonds. The Kier molecular flexibility index (Phi) is 4.95. The highest BCUT2D eigenvalue weighted by Gasteiger charge is 2.43. The maximum absolute atomic E-state index is 2.54. The molecular weight excluding hydrogens is 302 g/mol. The Bertz CT molecular complexity index is 169. The zero-order valence-electron chi connectivity index (χ0n) is 11.0. The molecule has 0 aromatic heterocycles. The van der Waals surface area contributed by atoms with Gasteiger partial charge in [-0.2, -0.15) is 0 Å². The van der Waals surface area contributed by atoms with Gasteiger partial charge in [-0.15, -0.1) is 0 Å². The highest BCUT2D eigenvalue weighted by Crippen LogP contribution is 2.67. The van der Waals surface area contributed by atoms with Crippen molar-refractivity contribution in [3.05, 3.63) is 0 Å². The van der Waals surface area contributed by atoms with Gasteiger partial charge in [-0.05, 0) is 15.5 Å². The van der Waals surface area contributed by atoms with E-state index in [1.165, 1.54) is 4.43 Å². The molecule has 0 aliphatic heterocycles. The van der Waals surface area contributed by atoms with E-state index in [4.69, 9.17) is 0 Å². The first-order chi connectivity index (χ1) is 5.93. The maximum atomic E-state index is 2.54. The Hall–Kier alpha value is 1.16. The smallest absolute Gasteiger partial charge is 0.00864 e. The van der Waals surface area contributed by atoms with Crippen molar-refractivity contribution < 1.29 is 0 Å². The summed E-state index contributed by atoms with van der Waals surface area (Å²) in [5, 5.41) is 1.37. The summed E-state index contributed by atoms with van der Waals surface area (Å²) in [7, 11) is 0.00639. The number of alkyl halides is 1. The molecule has 14 heavy (non-hydrogen) atoms. The summed E-state index contributed by atoms with van der Waals surface area (Å²) in [6.07, 6.45) is 0. The zero-order valence-corrected chi connectivity index (χ0v) is 14.1. The van der Waals surface area contributed by atoms with Crippen molar-refractivity contribution in [1.82, 2.24) is 0 Å². The van der Waals surface area contributed by atoms with Crippen LogP contribution in [0.5, 0.6) is 0 Å². The average Bonchev–Trinajstić information content (AvgIpc) is 1.79. The SMILES string of the molecule is CC(C)(C)P(C(C)(C)C)C(C)(C)CI. The van der Waals surface area contributed by atoms with Crippen LogP contribution in [0.25, 0.3) is 0 Å². The summed E-state index contributed by atoms with van der Waals surface area (Å²) in [6, 6.07) is 0. The Morgan fingerprint density at radius 2 is 1.07 bits per heavy atom. The average molecular weight is 328 g/mol. The third-order valence-corrected chi connectivity index (χ3v) is 8.84. The Balaban J connectivity index is 5.14.